The van der Waals surface area contributed by atoms with Gasteiger partial charge in [0.15, 0.2) is 0 Å². The molecule has 0 aromatic rings. The molecule has 19 heavy (non-hydrogen) atoms. The Labute approximate surface area is 113 Å². The maximum absolute atomic E-state index is 11.7. The van der Waals surface area contributed by atoms with E-state index in [0.29, 0.717) is 0 Å². The molecule has 0 aromatic heterocycles. The van der Waals surface area contributed by atoms with E-state index in [-0.39, 0.29) is 16.9 Å². The molecule has 0 aliphatic heterocycles. The lowest BCUT2D eigenvalue weighted by atomic mass is 10.1. The van der Waals surface area contributed by atoms with Crippen molar-refractivity contribution in [3.63, 3.8) is 0 Å². The second kappa shape index (κ2) is 4.56. The third kappa shape index (κ3) is 2.75. The fraction of sp³-hybridized carbons (Fsp3) is 0.733. The number of carboxylic acids is 1. The van der Waals surface area contributed by atoms with Crippen LogP contribution in [0, 0.1) is 29.1 Å². The van der Waals surface area contributed by atoms with E-state index in [4.69, 9.17) is 9.84 Å². The predicted octanol–water partition coefficient (Wildman–Crippen LogP) is 2.22. The fourth-order valence-electron chi connectivity index (χ4n) is 2.98. The van der Waals surface area contributed by atoms with Gasteiger partial charge in [0, 0.05) is 11.8 Å². The number of esters is 1. The molecule has 2 unspecified atom stereocenters. The Hall–Kier alpha value is -1.50. The topological polar surface area (TPSA) is 63.6 Å². The number of rotatable bonds is 2. The summed E-state index contributed by atoms with van der Waals surface area (Å²) in [6.07, 6.45) is 3.92. The highest BCUT2D eigenvalue weighted by Gasteiger charge is 2.61. The largest absolute Gasteiger partial charge is 0.481 e. The lowest BCUT2D eigenvalue weighted by molar-refractivity contribution is -0.150. The maximum Gasteiger partial charge on any atom is 0.384 e. The Kier molecular flexibility index (Phi) is 3.34. The van der Waals surface area contributed by atoms with Gasteiger partial charge >= 0.3 is 11.9 Å². The average Bonchev–Trinajstić information content (AvgIpc) is 2.62. The molecule has 0 spiro atoms. The number of carboxylic acid groups (broad SMARTS) is 1. The quantitative estimate of drug-likeness (QED) is 0.472. The van der Waals surface area contributed by atoms with Crippen molar-refractivity contribution in [1.82, 2.24) is 0 Å². The zero-order chi connectivity index (χ0) is 14.3. The van der Waals surface area contributed by atoms with Crippen LogP contribution in [-0.2, 0) is 14.3 Å². The highest BCUT2D eigenvalue weighted by atomic mass is 16.6. The van der Waals surface area contributed by atoms with Gasteiger partial charge in [-0.15, -0.1) is 0 Å². The summed E-state index contributed by atoms with van der Waals surface area (Å²) in [7, 11) is 0. The molecule has 2 fully saturated rings. The maximum atomic E-state index is 11.7. The number of ether oxygens (including phenoxy) is 1. The van der Waals surface area contributed by atoms with Crippen molar-refractivity contribution in [1.29, 1.82) is 0 Å². The molecule has 4 nitrogen and oxygen atoms in total. The van der Waals surface area contributed by atoms with E-state index in [1.54, 1.807) is 0 Å². The van der Waals surface area contributed by atoms with Crippen molar-refractivity contribution in [2.45, 2.75) is 52.1 Å². The Morgan fingerprint density at radius 3 is 2.26 bits per heavy atom. The lowest BCUT2D eigenvalue weighted by Crippen LogP contribution is -2.27. The Bertz CT molecular complexity index is 460. The minimum absolute atomic E-state index is 0.256. The lowest BCUT2D eigenvalue weighted by Gasteiger charge is -2.22. The van der Waals surface area contributed by atoms with E-state index in [9.17, 15) is 9.59 Å². The molecule has 2 saturated carbocycles. The van der Waals surface area contributed by atoms with Crippen molar-refractivity contribution >= 4 is 11.9 Å². The first kappa shape index (κ1) is 13.9. The van der Waals surface area contributed by atoms with Gasteiger partial charge in [-0.1, -0.05) is 19.8 Å². The summed E-state index contributed by atoms with van der Waals surface area (Å²) in [5, 5.41) is 9.01. The molecular formula is C15H20O4. The van der Waals surface area contributed by atoms with Crippen molar-refractivity contribution in [2.75, 3.05) is 0 Å². The van der Waals surface area contributed by atoms with Crippen molar-refractivity contribution < 1.29 is 19.4 Å². The fourth-order valence-corrected chi connectivity index (χ4v) is 2.98. The third-order valence-electron chi connectivity index (χ3n) is 4.42. The van der Waals surface area contributed by atoms with Crippen LogP contribution in [0.5, 0.6) is 0 Å². The summed E-state index contributed by atoms with van der Waals surface area (Å²) in [4.78, 5) is 22.7. The van der Waals surface area contributed by atoms with Gasteiger partial charge in [-0.3, -0.25) is 4.79 Å². The molecule has 1 N–H and O–H groups in total. The van der Waals surface area contributed by atoms with Gasteiger partial charge in [-0.05, 0) is 38.0 Å². The minimum Gasteiger partial charge on any atom is -0.481 e. The van der Waals surface area contributed by atoms with Crippen molar-refractivity contribution in [2.24, 2.45) is 17.3 Å². The van der Waals surface area contributed by atoms with E-state index in [0.717, 1.165) is 25.7 Å². The number of carbonyl (C=O) groups excluding carboxylic acids is 1. The van der Waals surface area contributed by atoms with Crippen molar-refractivity contribution in [3.8, 4) is 11.8 Å². The van der Waals surface area contributed by atoms with E-state index in [1.807, 2.05) is 20.8 Å². The molecule has 104 valence electrons. The second-order valence-electron chi connectivity index (χ2n) is 6.43. The molecule has 2 rings (SSSR count). The smallest absolute Gasteiger partial charge is 0.384 e. The summed E-state index contributed by atoms with van der Waals surface area (Å²) in [6, 6.07) is 0. The van der Waals surface area contributed by atoms with E-state index >= 15 is 0 Å². The number of aliphatic carboxylic acids is 1. The molecule has 0 bridgehead atoms. The Balaban J connectivity index is 1.94. The van der Waals surface area contributed by atoms with Gasteiger partial charge in [-0.2, -0.15) is 0 Å². The molecule has 4 heteroatoms. The van der Waals surface area contributed by atoms with Crippen LogP contribution >= 0.6 is 0 Å². The zero-order valence-electron chi connectivity index (χ0n) is 11.7. The first-order chi connectivity index (χ1) is 8.76. The number of carbonyl (C=O) groups is 2. The van der Waals surface area contributed by atoms with Crippen LogP contribution < -0.4 is 0 Å². The SMILES string of the molecule is CC1(OC(=O)C#CC2C(C(=O)O)C2(C)C)CCCC1. The van der Waals surface area contributed by atoms with E-state index < -0.39 is 17.9 Å². The summed E-state index contributed by atoms with van der Waals surface area (Å²) in [5.74, 6) is 3.12. The molecule has 0 aromatic carbocycles. The van der Waals surface area contributed by atoms with Crippen LogP contribution in [0.3, 0.4) is 0 Å². The van der Waals surface area contributed by atoms with Crippen molar-refractivity contribution in [3.05, 3.63) is 0 Å². The molecule has 0 saturated heterocycles. The molecule has 2 aliphatic carbocycles. The van der Waals surface area contributed by atoms with Crippen LogP contribution in [0.25, 0.3) is 0 Å². The van der Waals surface area contributed by atoms with Gasteiger partial charge < -0.3 is 9.84 Å². The van der Waals surface area contributed by atoms with Crippen LogP contribution in [0.1, 0.15) is 46.5 Å². The zero-order valence-corrected chi connectivity index (χ0v) is 11.7. The molecule has 0 amide bonds. The van der Waals surface area contributed by atoms with Crippen LogP contribution in [0.2, 0.25) is 0 Å². The Morgan fingerprint density at radius 1 is 1.21 bits per heavy atom. The van der Waals surface area contributed by atoms with Gasteiger partial charge in [0.1, 0.15) is 5.60 Å². The van der Waals surface area contributed by atoms with Crippen LogP contribution in [-0.4, -0.2) is 22.6 Å². The second-order valence-corrected chi connectivity index (χ2v) is 6.43. The molecular weight excluding hydrogens is 244 g/mol. The summed E-state index contributed by atoms with van der Waals surface area (Å²) in [6.45, 7) is 5.64. The van der Waals surface area contributed by atoms with Gasteiger partial charge in [0.25, 0.3) is 0 Å². The molecule has 2 atom stereocenters. The van der Waals surface area contributed by atoms with E-state index in [2.05, 4.69) is 11.8 Å². The van der Waals surface area contributed by atoms with Gasteiger partial charge in [0.2, 0.25) is 0 Å². The highest BCUT2D eigenvalue weighted by molar-refractivity contribution is 5.89. The minimum atomic E-state index is -0.847. The average molecular weight is 264 g/mol. The highest BCUT2D eigenvalue weighted by Crippen LogP contribution is 2.57. The van der Waals surface area contributed by atoms with Gasteiger partial charge in [0.05, 0.1) is 5.92 Å². The Morgan fingerprint density at radius 2 is 1.79 bits per heavy atom. The standard InChI is InChI=1S/C15H20O4/c1-14(2)10(12(14)13(17)18)6-7-11(16)19-15(3)8-4-5-9-15/h10,12H,4-5,8-9H2,1-3H3,(H,17,18). The monoisotopic (exact) mass is 264 g/mol. The first-order valence-electron chi connectivity index (χ1n) is 6.74. The third-order valence-corrected chi connectivity index (χ3v) is 4.42. The normalized spacial score (nSPS) is 30.1. The summed E-state index contributed by atoms with van der Waals surface area (Å²) in [5.41, 5.74) is -0.729. The van der Waals surface area contributed by atoms with Crippen LogP contribution in [0.4, 0.5) is 0 Å². The van der Waals surface area contributed by atoms with Gasteiger partial charge in [-0.25, -0.2) is 4.79 Å². The number of hydrogen-bond donors (Lipinski definition) is 1. The number of hydrogen-bond acceptors (Lipinski definition) is 3. The molecule has 0 radical (unpaired) electrons. The summed E-state index contributed by atoms with van der Waals surface area (Å²) < 4.78 is 5.38. The predicted molar refractivity (Wildman–Crippen MR) is 69.1 cm³/mol. The molecule has 2 aliphatic rings. The van der Waals surface area contributed by atoms with E-state index in [1.165, 1.54) is 0 Å². The first-order valence-corrected chi connectivity index (χ1v) is 6.74. The van der Waals surface area contributed by atoms with Crippen LogP contribution in [0.15, 0.2) is 0 Å². The summed E-state index contributed by atoms with van der Waals surface area (Å²) >= 11 is 0. The molecule has 0 heterocycles.